The number of ether oxygens (including phenoxy) is 1. The van der Waals surface area contributed by atoms with Gasteiger partial charge in [0.05, 0.1) is 18.3 Å². The van der Waals surface area contributed by atoms with Crippen LogP contribution in [-0.2, 0) is 24.6 Å². The lowest BCUT2D eigenvalue weighted by Gasteiger charge is -2.20. The van der Waals surface area contributed by atoms with E-state index in [-0.39, 0.29) is 6.04 Å². The minimum atomic E-state index is 0.281. The van der Waals surface area contributed by atoms with Crippen molar-refractivity contribution in [3.05, 3.63) is 11.5 Å². The van der Waals surface area contributed by atoms with E-state index in [1.807, 2.05) is 11.7 Å². The smallest absolute Gasteiger partial charge is 0.159 e. The van der Waals surface area contributed by atoms with Crippen molar-refractivity contribution in [1.29, 1.82) is 0 Å². The summed E-state index contributed by atoms with van der Waals surface area (Å²) in [5.74, 6) is 1.61. The lowest BCUT2D eigenvalue weighted by Crippen LogP contribution is -2.19. The highest BCUT2D eigenvalue weighted by Gasteiger charge is 2.23. The van der Waals surface area contributed by atoms with Crippen molar-refractivity contribution in [2.24, 2.45) is 7.05 Å². The fourth-order valence-electron chi connectivity index (χ4n) is 2.94. The van der Waals surface area contributed by atoms with Gasteiger partial charge in [-0.1, -0.05) is 20.3 Å². The second-order valence-corrected chi connectivity index (χ2v) is 5.71. The van der Waals surface area contributed by atoms with Crippen LogP contribution in [-0.4, -0.2) is 38.9 Å². The lowest BCUT2D eigenvalue weighted by molar-refractivity contribution is 0.150. The summed E-state index contributed by atoms with van der Waals surface area (Å²) in [5.41, 5.74) is 3.15. The summed E-state index contributed by atoms with van der Waals surface area (Å²) < 4.78 is 9.65. The molecule has 21 heavy (non-hydrogen) atoms. The number of rotatable bonds is 8. The quantitative estimate of drug-likeness (QED) is 0.704. The second kappa shape index (κ2) is 7.27. The number of fused-ring (bicyclic) bond motifs is 1. The summed E-state index contributed by atoms with van der Waals surface area (Å²) in [7, 11) is 3.73. The molecular formula is C15H25ClN4O. The number of halogens is 1. The molecule has 0 N–H and O–H groups in total. The minimum absolute atomic E-state index is 0.281. The highest BCUT2D eigenvalue weighted by molar-refractivity contribution is 6.17. The normalized spacial score (nSPS) is 13.2. The lowest BCUT2D eigenvalue weighted by atomic mass is 10.1. The third kappa shape index (κ3) is 3.09. The van der Waals surface area contributed by atoms with Gasteiger partial charge in [-0.05, 0) is 12.8 Å². The number of methoxy groups -OCH3 is 1. The summed E-state index contributed by atoms with van der Waals surface area (Å²) in [6.07, 6.45) is 3.81. The average Bonchev–Trinajstić information content (AvgIpc) is 2.97. The first-order chi connectivity index (χ1) is 10.2. The molecule has 0 aliphatic heterocycles. The Hall–Kier alpha value is -1.07. The maximum atomic E-state index is 5.97. The van der Waals surface area contributed by atoms with Crippen LogP contribution in [0.4, 0.5) is 0 Å². The predicted octanol–water partition coefficient (Wildman–Crippen LogP) is 3.10. The molecule has 6 heteroatoms. The predicted molar refractivity (Wildman–Crippen MR) is 86.1 cm³/mol. The topological polar surface area (TPSA) is 44.9 Å². The zero-order chi connectivity index (χ0) is 15.4. The molecule has 2 rings (SSSR count). The van der Waals surface area contributed by atoms with Crippen molar-refractivity contribution < 1.29 is 4.74 Å². The molecule has 0 aromatic carbocycles. The van der Waals surface area contributed by atoms with Gasteiger partial charge in [0, 0.05) is 26.5 Å². The third-order valence-corrected chi connectivity index (χ3v) is 4.00. The Kier molecular flexibility index (Phi) is 5.65. The van der Waals surface area contributed by atoms with Crippen molar-refractivity contribution in [2.75, 3.05) is 19.6 Å². The molecule has 0 aliphatic rings. The van der Waals surface area contributed by atoms with Crippen LogP contribution in [0.15, 0.2) is 0 Å². The van der Waals surface area contributed by atoms with E-state index in [9.17, 15) is 0 Å². The molecule has 0 spiro atoms. The van der Waals surface area contributed by atoms with Gasteiger partial charge in [-0.15, -0.1) is 11.6 Å². The van der Waals surface area contributed by atoms with E-state index in [1.54, 1.807) is 7.11 Å². The van der Waals surface area contributed by atoms with E-state index in [4.69, 9.17) is 21.3 Å². The Balaban J connectivity index is 2.61. The first-order valence-electron chi connectivity index (χ1n) is 7.65. The molecule has 0 saturated heterocycles. The van der Waals surface area contributed by atoms with Gasteiger partial charge in [0.25, 0.3) is 0 Å². The molecule has 0 aliphatic carbocycles. The number of hydrogen-bond acceptors (Lipinski definition) is 3. The number of imidazole rings is 1. The largest absolute Gasteiger partial charge is 0.383 e. The van der Waals surface area contributed by atoms with E-state index < -0.39 is 0 Å². The molecule has 0 radical (unpaired) electrons. The molecule has 1 atom stereocenters. The zero-order valence-electron chi connectivity index (χ0n) is 13.4. The zero-order valence-corrected chi connectivity index (χ0v) is 14.2. The molecule has 118 valence electrons. The maximum absolute atomic E-state index is 5.97. The SMILES string of the molecule is CCCC(COC)n1c(CCCl)nc2c(CC)nn(C)c21. The highest BCUT2D eigenvalue weighted by atomic mass is 35.5. The average molecular weight is 313 g/mol. The minimum Gasteiger partial charge on any atom is -0.383 e. The molecule has 0 saturated carbocycles. The van der Waals surface area contributed by atoms with Gasteiger partial charge in [0.2, 0.25) is 0 Å². The molecule has 0 fully saturated rings. The van der Waals surface area contributed by atoms with E-state index in [0.29, 0.717) is 12.5 Å². The Morgan fingerprint density at radius 3 is 2.67 bits per heavy atom. The van der Waals surface area contributed by atoms with Crippen molar-refractivity contribution in [2.45, 2.75) is 45.6 Å². The summed E-state index contributed by atoms with van der Waals surface area (Å²) >= 11 is 5.97. The van der Waals surface area contributed by atoms with Gasteiger partial charge in [-0.2, -0.15) is 5.10 Å². The molecule has 2 aromatic heterocycles. The monoisotopic (exact) mass is 312 g/mol. The van der Waals surface area contributed by atoms with Gasteiger partial charge in [0.1, 0.15) is 11.3 Å². The molecule has 2 aromatic rings. The fraction of sp³-hybridized carbons (Fsp3) is 0.733. The van der Waals surface area contributed by atoms with Crippen molar-refractivity contribution in [1.82, 2.24) is 19.3 Å². The van der Waals surface area contributed by atoms with Gasteiger partial charge >= 0.3 is 0 Å². The summed E-state index contributed by atoms with van der Waals surface area (Å²) in [5, 5.41) is 4.59. The maximum Gasteiger partial charge on any atom is 0.159 e. The van der Waals surface area contributed by atoms with Crippen LogP contribution >= 0.6 is 11.6 Å². The standard InChI is InChI=1S/C15H25ClN4O/c1-5-7-11(10-21-4)20-13(8-9-16)17-14-12(6-2)18-19(3)15(14)20/h11H,5-10H2,1-4H3. The van der Waals surface area contributed by atoms with E-state index in [0.717, 1.165) is 48.4 Å². The van der Waals surface area contributed by atoms with E-state index in [2.05, 4.69) is 23.5 Å². The Morgan fingerprint density at radius 1 is 1.33 bits per heavy atom. The summed E-state index contributed by atoms with van der Waals surface area (Å²) in [6, 6.07) is 0.281. The number of aromatic nitrogens is 4. The van der Waals surface area contributed by atoms with Gasteiger partial charge in [-0.3, -0.25) is 4.68 Å². The third-order valence-electron chi connectivity index (χ3n) is 3.81. The van der Waals surface area contributed by atoms with Crippen LogP contribution in [0.2, 0.25) is 0 Å². The van der Waals surface area contributed by atoms with Gasteiger partial charge < -0.3 is 9.30 Å². The fourth-order valence-corrected chi connectivity index (χ4v) is 3.11. The van der Waals surface area contributed by atoms with Crippen LogP contribution in [0.25, 0.3) is 11.2 Å². The van der Waals surface area contributed by atoms with Crippen LogP contribution in [0.1, 0.15) is 44.2 Å². The molecular weight excluding hydrogens is 288 g/mol. The van der Waals surface area contributed by atoms with Crippen LogP contribution < -0.4 is 0 Å². The molecule has 1 unspecified atom stereocenters. The number of nitrogens with zero attached hydrogens (tertiary/aromatic N) is 4. The van der Waals surface area contributed by atoms with Crippen LogP contribution in [0.3, 0.4) is 0 Å². The van der Waals surface area contributed by atoms with Crippen LogP contribution in [0.5, 0.6) is 0 Å². The summed E-state index contributed by atoms with van der Waals surface area (Å²) in [6.45, 7) is 4.99. The van der Waals surface area contributed by atoms with Gasteiger partial charge in [-0.25, -0.2) is 4.98 Å². The first kappa shape index (κ1) is 16.3. The molecule has 0 amide bonds. The number of alkyl halides is 1. The van der Waals surface area contributed by atoms with E-state index >= 15 is 0 Å². The first-order valence-corrected chi connectivity index (χ1v) is 8.18. The molecule has 0 bridgehead atoms. The number of aryl methyl sites for hydroxylation is 3. The molecule has 2 heterocycles. The summed E-state index contributed by atoms with van der Waals surface area (Å²) in [4.78, 5) is 4.82. The van der Waals surface area contributed by atoms with Crippen molar-refractivity contribution in [3.8, 4) is 0 Å². The Bertz CT molecular complexity index is 584. The number of hydrogen-bond donors (Lipinski definition) is 0. The van der Waals surface area contributed by atoms with Crippen LogP contribution in [0, 0.1) is 0 Å². The van der Waals surface area contributed by atoms with Crippen molar-refractivity contribution >= 4 is 22.8 Å². The second-order valence-electron chi connectivity index (χ2n) is 5.33. The molecule has 5 nitrogen and oxygen atoms in total. The van der Waals surface area contributed by atoms with Crippen molar-refractivity contribution in [3.63, 3.8) is 0 Å². The van der Waals surface area contributed by atoms with E-state index in [1.165, 1.54) is 0 Å². The highest BCUT2D eigenvalue weighted by Crippen LogP contribution is 2.27. The van der Waals surface area contributed by atoms with Gasteiger partial charge in [0.15, 0.2) is 5.65 Å². The Labute approximate surface area is 131 Å². The Morgan fingerprint density at radius 2 is 2.10 bits per heavy atom.